The third kappa shape index (κ3) is 2.36. The number of H-pyrrole nitrogens is 1. The lowest BCUT2D eigenvalue weighted by atomic mass is 10.1. The smallest absolute Gasteiger partial charge is 0.270 e. The number of hydrogen-bond acceptors (Lipinski definition) is 2. The van der Waals surface area contributed by atoms with Crippen LogP contribution in [0.2, 0.25) is 0 Å². The van der Waals surface area contributed by atoms with Crippen LogP contribution in [0.1, 0.15) is 23.3 Å². The highest BCUT2D eigenvalue weighted by atomic mass is 16.2. The van der Waals surface area contributed by atoms with Gasteiger partial charge in [0, 0.05) is 30.0 Å². The molecule has 1 aliphatic heterocycles. The summed E-state index contributed by atoms with van der Waals surface area (Å²) < 4.78 is 0. The van der Waals surface area contributed by atoms with E-state index in [2.05, 4.69) is 10.3 Å². The van der Waals surface area contributed by atoms with Crippen LogP contribution < -0.4 is 5.32 Å². The molecule has 3 rings (SSSR count). The third-order valence-electron chi connectivity index (χ3n) is 3.88. The zero-order chi connectivity index (χ0) is 13.2. The Morgan fingerprint density at radius 2 is 2.26 bits per heavy atom. The fraction of sp³-hybridized carbons (Fsp3) is 0.400. The molecule has 1 atom stereocenters. The second kappa shape index (κ2) is 5.05. The van der Waals surface area contributed by atoms with Crippen LogP contribution in [0, 0.1) is 0 Å². The maximum absolute atomic E-state index is 12.5. The molecule has 1 amide bonds. The first-order valence-corrected chi connectivity index (χ1v) is 6.82. The lowest BCUT2D eigenvalue weighted by Gasteiger charge is -2.32. The Morgan fingerprint density at radius 3 is 3.05 bits per heavy atom. The zero-order valence-corrected chi connectivity index (χ0v) is 11.1. The van der Waals surface area contributed by atoms with Crippen LogP contribution in [0.3, 0.4) is 0 Å². The summed E-state index contributed by atoms with van der Waals surface area (Å²) in [6.07, 6.45) is 2.21. The summed E-state index contributed by atoms with van der Waals surface area (Å²) >= 11 is 0. The van der Waals surface area contributed by atoms with E-state index >= 15 is 0 Å². The number of nitrogens with one attached hydrogen (secondary N) is 2. The van der Waals surface area contributed by atoms with Gasteiger partial charge in [0.25, 0.3) is 5.91 Å². The van der Waals surface area contributed by atoms with Crippen molar-refractivity contribution in [3.8, 4) is 0 Å². The molecule has 4 heteroatoms. The van der Waals surface area contributed by atoms with E-state index < -0.39 is 0 Å². The Kier molecular flexibility index (Phi) is 3.25. The summed E-state index contributed by atoms with van der Waals surface area (Å²) in [6, 6.07) is 10.4. The van der Waals surface area contributed by atoms with Crippen LogP contribution in [0.25, 0.3) is 10.9 Å². The van der Waals surface area contributed by atoms with Crippen molar-refractivity contribution in [3.05, 3.63) is 36.0 Å². The molecule has 2 N–H and O–H groups in total. The second-order valence-electron chi connectivity index (χ2n) is 5.15. The molecule has 4 nitrogen and oxygen atoms in total. The summed E-state index contributed by atoms with van der Waals surface area (Å²) in [5.74, 6) is 0.108. The number of likely N-dealkylation sites (tertiary alicyclic amines) is 1. The van der Waals surface area contributed by atoms with E-state index in [4.69, 9.17) is 0 Å². The van der Waals surface area contributed by atoms with Gasteiger partial charge < -0.3 is 15.2 Å². The normalized spacial score (nSPS) is 19.8. The first-order valence-electron chi connectivity index (χ1n) is 6.82. The molecule has 1 aromatic carbocycles. The van der Waals surface area contributed by atoms with Crippen LogP contribution in [0.4, 0.5) is 0 Å². The lowest BCUT2D eigenvalue weighted by Crippen LogP contribution is -2.47. The molecule has 1 aliphatic rings. The van der Waals surface area contributed by atoms with Crippen molar-refractivity contribution in [1.82, 2.24) is 15.2 Å². The maximum Gasteiger partial charge on any atom is 0.270 e. The van der Waals surface area contributed by atoms with E-state index in [1.165, 1.54) is 0 Å². The number of para-hydroxylation sites is 1. The highest BCUT2D eigenvalue weighted by molar-refractivity contribution is 5.98. The molecule has 19 heavy (non-hydrogen) atoms. The van der Waals surface area contributed by atoms with E-state index in [1.54, 1.807) is 0 Å². The van der Waals surface area contributed by atoms with Gasteiger partial charge in [-0.25, -0.2) is 0 Å². The molecule has 1 aromatic heterocycles. The second-order valence-corrected chi connectivity index (χ2v) is 5.15. The van der Waals surface area contributed by atoms with Gasteiger partial charge in [0.05, 0.1) is 0 Å². The number of nitrogens with zero attached hydrogens (tertiary/aromatic N) is 1. The summed E-state index contributed by atoms with van der Waals surface area (Å²) in [7, 11) is 1.96. The van der Waals surface area contributed by atoms with Crippen LogP contribution in [0.5, 0.6) is 0 Å². The van der Waals surface area contributed by atoms with Crippen molar-refractivity contribution in [2.24, 2.45) is 0 Å². The minimum absolute atomic E-state index is 0.108. The third-order valence-corrected chi connectivity index (χ3v) is 3.88. The Bertz CT molecular complexity index is 557. The summed E-state index contributed by atoms with van der Waals surface area (Å²) in [4.78, 5) is 17.7. The van der Waals surface area contributed by atoms with Crippen LogP contribution >= 0.6 is 0 Å². The van der Waals surface area contributed by atoms with E-state index in [-0.39, 0.29) is 5.91 Å². The van der Waals surface area contributed by atoms with Gasteiger partial charge in [0.2, 0.25) is 0 Å². The summed E-state index contributed by atoms with van der Waals surface area (Å²) in [5.41, 5.74) is 1.71. The van der Waals surface area contributed by atoms with Crippen molar-refractivity contribution >= 4 is 16.8 Å². The Labute approximate surface area is 112 Å². The first kappa shape index (κ1) is 12.2. The minimum Gasteiger partial charge on any atom is -0.351 e. The number of aromatic nitrogens is 1. The molecule has 2 heterocycles. The monoisotopic (exact) mass is 257 g/mol. The van der Waals surface area contributed by atoms with Gasteiger partial charge in [0.15, 0.2) is 0 Å². The SMILES string of the molecule is CNC1CCCN(C(=O)c2cc3ccccc3[nH]2)C1. The average molecular weight is 257 g/mol. The predicted molar refractivity (Wildman–Crippen MR) is 76.3 cm³/mol. The molecule has 0 aliphatic carbocycles. The average Bonchev–Trinajstić information content (AvgIpc) is 2.90. The molecule has 0 saturated carbocycles. The van der Waals surface area contributed by atoms with Crippen LogP contribution in [-0.2, 0) is 0 Å². The summed E-state index contributed by atoms with van der Waals surface area (Å²) in [5, 5.41) is 4.35. The minimum atomic E-state index is 0.108. The largest absolute Gasteiger partial charge is 0.351 e. The molecule has 2 aromatic rings. The Morgan fingerprint density at radius 1 is 1.42 bits per heavy atom. The fourth-order valence-electron chi connectivity index (χ4n) is 2.76. The number of hydrogen-bond donors (Lipinski definition) is 2. The molecule has 1 fully saturated rings. The molecule has 0 spiro atoms. The quantitative estimate of drug-likeness (QED) is 0.864. The van der Waals surface area contributed by atoms with Crippen molar-refractivity contribution in [2.75, 3.05) is 20.1 Å². The summed E-state index contributed by atoms with van der Waals surface area (Å²) in [6.45, 7) is 1.65. The first-order chi connectivity index (χ1) is 9.28. The number of aromatic amines is 1. The molecule has 0 bridgehead atoms. The molecule has 1 saturated heterocycles. The Hall–Kier alpha value is -1.81. The van der Waals surface area contributed by atoms with E-state index in [9.17, 15) is 4.79 Å². The van der Waals surface area contributed by atoms with E-state index in [0.717, 1.165) is 36.8 Å². The number of fused-ring (bicyclic) bond motifs is 1. The molecular formula is C15H19N3O. The van der Waals surface area contributed by atoms with Gasteiger partial charge in [0.1, 0.15) is 5.69 Å². The molecule has 1 unspecified atom stereocenters. The van der Waals surface area contributed by atoms with Gasteiger partial charge in [-0.05, 0) is 32.0 Å². The van der Waals surface area contributed by atoms with Crippen molar-refractivity contribution < 1.29 is 4.79 Å². The van der Waals surface area contributed by atoms with Crippen molar-refractivity contribution in [3.63, 3.8) is 0 Å². The fourth-order valence-corrected chi connectivity index (χ4v) is 2.76. The van der Waals surface area contributed by atoms with Crippen LogP contribution in [-0.4, -0.2) is 42.0 Å². The Balaban J connectivity index is 1.82. The van der Waals surface area contributed by atoms with E-state index in [1.807, 2.05) is 42.3 Å². The predicted octanol–water partition coefficient (Wildman–Crippen LogP) is 1.99. The zero-order valence-electron chi connectivity index (χ0n) is 11.1. The van der Waals surface area contributed by atoms with Crippen molar-refractivity contribution in [1.29, 1.82) is 0 Å². The number of likely N-dealkylation sites (N-methyl/N-ethyl adjacent to an activating group) is 1. The number of carbonyl (C=O) groups excluding carboxylic acids is 1. The van der Waals surface area contributed by atoms with Gasteiger partial charge in [-0.1, -0.05) is 18.2 Å². The topological polar surface area (TPSA) is 48.1 Å². The lowest BCUT2D eigenvalue weighted by molar-refractivity contribution is 0.0693. The number of amides is 1. The van der Waals surface area contributed by atoms with Gasteiger partial charge in [-0.3, -0.25) is 4.79 Å². The van der Waals surface area contributed by atoms with Gasteiger partial charge >= 0.3 is 0 Å². The maximum atomic E-state index is 12.5. The standard InChI is InChI=1S/C15H19N3O/c1-16-12-6-4-8-18(10-12)15(19)14-9-11-5-2-3-7-13(11)17-14/h2-3,5,7,9,12,16-17H,4,6,8,10H2,1H3. The molecule has 100 valence electrons. The van der Waals surface area contributed by atoms with Crippen molar-refractivity contribution in [2.45, 2.75) is 18.9 Å². The van der Waals surface area contributed by atoms with Crippen LogP contribution in [0.15, 0.2) is 30.3 Å². The molecular weight excluding hydrogens is 238 g/mol. The number of rotatable bonds is 2. The number of benzene rings is 1. The number of piperidine rings is 1. The highest BCUT2D eigenvalue weighted by Crippen LogP contribution is 2.18. The van der Waals surface area contributed by atoms with Gasteiger partial charge in [-0.15, -0.1) is 0 Å². The van der Waals surface area contributed by atoms with E-state index in [0.29, 0.717) is 11.7 Å². The highest BCUT2D eigenvalue weighted by Gasteiger charge is 2.24. The molecule has 0 radical (unpaired) electrons. The van der Waals surface area contributed by atoms with Gasteiger partial charge in [-0.2, -0.15) is 0 Å². The number of carbonyl (C=O) groups is 1.